The van der Waals surface area contributed by atoms with E-state index in [0.717, 1.165) is 12.8 Å². The van der Waals surface area contributed by atoms with Crippen LogP contribution in [0.3, 0.4) is 0 Å². The molecule has 0 radical (unpaired) electrons. The minimum atomic E-state index is -1.06. The van der Waals surface area contributed by atoms with Crippen molar-refractivity contribution in [3.05, 3.63) is 0 Å². The van der Waals surface area contributed by atoms with E-state index in [2.05, 4.69) is 5.32 Å². The van der Waals surface area contributed by atoms with Crippen molar-refractivity contribution in [2.24, 2.45) is 5.92 Å². The average Bonchev–Trinajstić information content (AvgIpc) is 2.33. The lowest BCUT2D eigenvalue weighted by Gasteiger charge is -2.40. The SMILES string of the molecule is CC(=O)N1CCCC(C(=O)NC2(C(=O)O)CCC2)C1. The second-order valence-corrected chi connectivity index (χ2v) is 5.53. The lowest BCUT2D eigenvalue weighted by Crippen LogP contribution is -2.61. The van der Waals surface area contributed by atoms with E-state index >= 15 is 0 Å². The lowest BCUT2D eigenvalue weighted by atomic mass is 9.76. The molecule has 0 aromatic rings. The molecule has 6 nitrogen and oxygen atoms in total. The molecule has 1 saturated heterocycles. The first-order valence-electron chi connectivity index (χ1n) is 6.75. The normalized spacial score (nSPS) is 25.3. The molecule has 2 fully saturated rings. The predicted octanol–water partition coefficient (Wildman–Crippen LogP) is 0.368. The lowest BCUT2D eigenvalue weighted by molar-refractivity contribution is -0.153. The van der Waals surface area contributed by atoms with Gasteiger partial charge in [0, 0.05) is 20.0 Å². The van der Waals surface area contributed by atoms with E-state index in [-0.39, 0.29) is 17.7 Å². The van der Waals surface area contributed by atoms with Crippen LogP contribution in [0.4, 0.5) is 0 Å². The fourth-order valence-corrected chi connectivity index (χ4v) is 2.74. The van der Waals surface area contributed by atoms with Gasteiger partial charge in [0.25, 0.3) is 0 Å². The molecule has 1 aliphatic heterocycles. The zero-order chi connectivity index (χ0) is 14.0. The second-order valence-electron chi connectivity index (χ2n) is 5.53. The molecule has 19 heavy (non-hydrogen) atoms. The Hall–Kier alpha value is -1.59. The van der Waals surface area contributed by atoms with Crippen molar-refractivity contribution in [1.82, 2.24) is 10.2 Å². The molecule has 2 amide bonds. The molecule has 0 spiro atoms. The monoisotopic (exact) mass is 268 g/mol. The summed E-state index contributed by atoms with van der Waals surface area (Å²) in [5.41, 5.74) is -1.06. The third-order valence-corrected chi connectivity index (χ3v) is 4.22. The van der Waals surface area contributed by atoms with Crippen molar-refractivity contribution in [2.75, 3.05) is 13.1 Å². The Kier molecular flexibility index (Phi) is 3.78. The summed E-state index contributed by atoms with van der Waals surface area (Å²) in [6, 6.07) is 0. The van der Waals surface area contributed by atoms with Crippen molar-refractivity contribution in [3.8, 4) is 0 Å². The highest BCUT2D eigenvalue weighted by atomic mass is 16.4. The highest BCUT2D eigenvalue weighted by Crippen LogP contribution is 2.32. The molecule has 0 aromatic heterocycles. The fourth-order valence-electron chi connectivity index (χ4n) is 2.74. The molecular formula is C13H20N2O4. The average molecular weight is 268 g/mol. The Labute approximate surface area is 112 Å². The molecule has 2 aliphatic rings. The fraction of sp³-hybridized carbons (Fsp3) is 0.769. The standard InChI is InChI=1S/C13H20N2O4/c1-9(16)15-7-2-4-10(8-15)11(17)14-13(12(18)19)5-3-6-13/h10H,2-8H2,1H3,(H,14,17)(H,18,19). The van der Waals surface area contributed by atoms with E-state index < -0.39 is 11.5 Å². The zero-order valence-electron chi connectivity index (χ0n) is 11.1. The smallest absolute Gasteiger partial charge is 0.329 e. The summed E-state index contributed by atoms with van der Waals surface area (Å²) in [4.78, 5) is 36.4. The molecule has 106 valence electrons. The molecule has 1 unspecified atom stereocenters. The van der Waals surface area contributed by atoms with Crippen LogP contribution in [0.15, 0.2) is 0 Å². The van der Waals surface area contributed by atoms with Crippen LogP contribution < -0.4 is 5.32 Å². The number of hydrogen-bond donors (Lipinski definition) is 2. The van der Waals surface area contributed by atoms with Gasteiger partial charge in [-0.15, -0.1) is 0 Å². The van der Waals surface area contributed by atoms with Gasteiger partial charge in [-0.2, -0.15) is 0 Å². The topological polar surface area (TPSA) is 86.7 Å². The van der Waals surface area contributed by atoms with Crippen LogP contribution in [0.5, 0.6) is 0 Å². The van der Waals surface area contributed by atoms with E-state index in [1.54, 1.807) is 4.90 Å². The van der Waals surface area contributed by atoms with Gasteiger partial charge in [0.15, 0.2) is 0 Å². The van der Waals surface area contributed by atoms with Gasteiger partial charge >= 0.3 is 5.97 Å². The number of likely N-dealkylation sites (tertiary alicyclic amines) is 1. The van der Waals surface area contributed by atoms with Crippen LogP contribution >= 0.6 is 0 Å². The summed E-state index contributed by atoms with van der Waals surface area (Å²) in [5, 5.41) is 11.9. The van der Waals surface area contributed by atoms with Gasteiger partial charge in [0.2, 0.25) is 11.8 Å². The van der Waals surface area contributed by atoms with Crippen molar-refractivity contribution in [3.63, 3.8) is 0 Å². The van der Waals surface area contributed by atoms with Gasteiger partial charge in [-0.3, -0.25) is 9.59 Å². The van der Waals surface area contributed by atoms with Gasteiger partial charge in [-0.25, -0.2) is 4.79 Å². The number of nitrogens with one attached hydrogen (secondary N) is 1. The molecule has 6 heteroatoms. The molecule has 0 aromatic carbocycles. The van der Waals surface area contributed by atoms with Crippen LogP contribution in [-0.4, -0.2) is 46.4 Å². The van der Waals surface area contributed by atoms with Crippen LogP contribution in [0, 0.1) is 5.92 Å². The van der Waals surface area contributed by atoms with E-state index in [9.17, 15) is 19.5 Å². The first-order valence-corrected chi connectivity index (χ1v) is 6.75. The third-order valence-electron chi connectivity index (χ3n) is 4.22. The van der Waals surface area contributed by atoms with Crippen LogP contribution in [-0.2, 0) is 14.4 Å². The minimum absolute atomic E-state index is 0.0332. The number of aliphatic carboxylic acids is 1. The Morgan fingerprint density at radius 2 is 1.95 bits per heavy atom. The van der Waals surface area contributed by atoms with Crippen LogP contribution in [0.2, 0.25) is 0 Å². The van der Waals surface area contributed by atoms with Gasteiger partial charge in [0.1, 0.15) is 5.54 Å². The molecule has 1 atom stereocenters. The van der Waals surface area contributed by atoms with Crippen LogP contribution in [0.25, 0.3) is 0 Å². The summed E-state index contributed by atoms with van der Waals surface area (Å²) in [6.07, 6.45) is 3.33. The number of hydrogen-bond acceptors (Lipinski definition) is 3. The Balaban J connectivity index is 1.96. The van der Waals surface area contributed by atoms with Crippen molar-refractivity contribution in [1.29, 1.82) is 0 Å². The van der Waals surface area contributed by atoms with Crippen LogP contribution in [0.1, 0.15) is 39.0 Å². The number of carbonyl (C=O) groups is 3. The predicted molar refractivity (Wildman–Crippen MR) is 67.3 cm³/mol. The first-order chi connectivity index (χ1) is 8.94. The van der Waals surface area contributed by atoms with Crippen molar-refractivity contribution < 1.29 is 19.5 Å². The van der Waals surface area contributed by atoms with E-state index in [0.29, 0.717) is 32.4 Å². The molecule has 2 rings (SSSR count). The quantitative estimate of drug-likeness (QED) is 0.774. The van der Waals surface area contributed by atoms with E-state index in [4.69, 9.17) is 0 Å². The summed E-state index contributed by atoms with van der Waals surface area (Å²) in [6.45, 7) is 2.57. The third kappa shape index (κ3) is 2.72. The number of carboxylic acid groups (broad SMARTS) is 1. The molecule has 2 N–H and O–H groups in total. The minimum Gasteiger partial charge on any atom is -0.480 e. The highest BCUT2D eigenvalue weighted by Gasteiger charge is 2.46. The summed E-state index contributed by atoms with van der Waals surface area (Å²) in [7, 11) is 0. The second kappa shape index (κ2) is 5.19. The highest BCUT2D eigenvalue weighted by molar-refractivity contribution is 5.89. The zero-order valence-corrected chi connectivity index (χ0v) is 11.1. The Morgan fingerprint density at radius 3 is 2.42 bits per heavy atom. The first kappa shape index (κ1) is 13.8. The maximum atomic E-state index is 12.2. The Bertz CT molecular complexity index is 403. The molecule has 1 aliphatic carbocycles. The number of piperidine rings is 1. The van der Waals surface area contributed by atoms with Crippen molar-refractivity contribution >= 4 is 17.8 Å². The number of rotatable bonds is 3. The molecular weight excluding hydrogens is 248 g/mol. The number of carboxylic acids is 1. The van der Waals surface area contributed by atoms with Crippen molar-refractivity contribution in [2.45, 2.75) is 44.6 Å². The largest absolute Gasteiger partial charge is 0.480 e. The number of amides is 2. The van der Waals surface area contributed by atoms with Gasteiger partial charge in [0.05, 0.1) is 5.92 Å². The molecule has 1 saturated carbocycles. The van der Waals surface area contributed by atoms with Gasteiger partial charge in [-0.05, 0) is 32.1 Å². The Morgan fingerprint density at radius 1 is 1.26 bits per heavy atom. The van der Waals surface area contributed by atoms with Gasteiger partial charge in [-0.1, -0.05) is 0 Å². The van der Waals surface area contributed by atoms with Gasteiger partial charge < -0.3 is 15.3 Å². The summed E-state index contributed by atoms with van der Waals surface area (Å²) < 4.78 is 0. The summed E-state index contributed by atoms with van der Waals surface area (Å²) >= 11 is 0. The maximum absolute atomic E-state index is 12.2. The summed E-state index contributed by atoms with van der Waals surface area (Å²) in [5.74, 6) is -1.50. The molecule has 1 heterocycles. The number of carbonyl (C=O) groups excluding carboxylic acids is 2. The molecule has 0 bridgehead atoms. The van der Waals surface area contributed by atoms with E-state index in [1.165, 1.54) is 6.92 Å². The number of nitrogens with zero attached hydrogens (tertiary/aromatic N) is 1. The maximum Gasteiger partial charge on any atom is 0.329 e. The van der Waals surface area contributed by atoms with E-state index in [1.807, 2.05) is 0 Å².